The number of nitriles is 2. The summed E-state index contributed by atoms with van der Waals surface area (Å²) in [7, 11) is 0. The first-order valence-corrected chi connectivity index (χ1v) is 12.0. The van der Waals surface area contributed by atoms with E-state index in [-0.39, 0.29) is 0 Å². The van der Waals surface area contributed by atoms with E-state index in [1.54, 1.807) is 23.5 Å². The first-order valence-electron chi connectivity index (χ1n) is 11.2. The second kappa shape index (κ2) is 8.54. The Hall–Kier alpha value is -4.77. The van der Waals surface area contributed by atoms with Gasteiger partial charge in [0.25, 0.3) is 0 Å². The van der Waals surface area contributed by atoms with E-state index in [2.05, 4.69) is 72.8 Å². The zero-order valence-electron chi connectivity index (χ0n) is 18.6. The number of thiazole rings is 1. The van der Waals surface area contributed by atoms with E-state index in [1.807, 2.05) is 30.3 Å². The maximum atomic E-state index is 9.56. The maximum absolute atomic E-state index is 9.56. The number of benzene rings is 5. The highest BCUT2D eigenvalue weighted by Gasteiger charge is 2.13. The lowest BCUT2D eigenvalue weighted by molar-refractivity contribution is 1.43. The average Bonchev–Trinajstić information content (AvgIpc) is 3.36. The third-order valence-corrected chi connectivity index (χ3v) is 7.24. The Morgan fingerprint density at radius 3 is 1.97 bits per heavy atom. The van der Waals surface area contributed by atoms with Crippen LogP contribution in [0.1, 0.15) is 11.1 Å². The van der Waals surface area contributed by atoms with Crippen molar-refractivity contribution in [3.8, 4) is 45.0 Å². The number of hydrogen-bond acceptors (Lipinski definition) is 4. The standard InChI is InChI=1S/C31H17N3S/c32-18-24-12-11-23(14-28(24)19-33)26-15-25(22-10-9-20-5-1-2-6-21(20)13-22)16-27(17-26)31-34-29-7-3-4-8-30(29)35-31/h1-17H. The Kier molecular flexibility index (Phi) is 5.08. The highest BCUT2D eigenvalue weighted by atomic mass is 32.1. The van der Waals surface area contributed by atoms with Crippen molar-refractivity contribution in [1.82, 2.24) is 4.98 Å². The number of hydrogen-bond donors (Lipinski definition) is 0. The molecule has 0 saturated heterocycles. The molecule has 1 aromatic heterocycles. The largest absolute Gasteiger partial charge is 0.236 e. The molecule has 0 atom stereocenters. The first-order chi connectivity index (χ1) is 17.2. The summed E-state index contributed by atoms with van der Waals surface area (Å²) >= 11 is 1.67. The van der Waals surface area contributed by atoms with Crippen LogP contribution >= 0.6 is 11.3 Å². The summed E-state index contributed by atoms with van der Waals surface area (Å²) in [5.74, 6) is 0. The van der Waals surface area contributed by atoms with Gasteiger partial charge in [0.2, 0.25) is 0 Å². The molecule has 6 rings (SSSR count). The van der Waals surface area contributed by atoms with Crippen LogP contribution in [0.4, 0.5) is 0 Å². The number of fused-ring (bicyclic) bond motifs is 2. The lowest BCUT2D eigenvalue weighted by atomic mass is 9.93. The highest BCUT2D eigenvalue weighted by Crippen LogP contribution is 2.37. The molecule has 0 bridgehead atoms. The summed E-state index contributed by atoms with van der Waals surface area (Å²) in [4.78, 5) is 4.89. The van der Waals surface area contributed by atoms with Crippen LogP contribution in [0.25, 0.3) is 53.8 Å². The van der Waals surface area contributed by atoms with Gasteiger partial charge in [-0.1, -0.05) is 54.6 Å². The van der Waals surface area contributed by atoms with Gasteiger partial charge in [-0.05, 0) is 81.6 Å². The second-order valence-electron chi connectivity index (χ2n) is 8.33. The van der Waals surface area contributed by atoms with Gasteiger partial charge in [0.15, 0.2) is 0 Å². The first kappa shape index (κ1) is 20.8. The summed E-state index contributed by atoms with van der Waals surface area (Å²) in [5, 5.41) is 22.2. The van der Waals surface area contributed by atoms with Crippen molar-refractivity contribution in [3.63, 3.8) is 0 Å². The van der Waals surface area contributed by atoms with E-state index >= 15 is 0 Å². The number of aromatic nitrogens is 1. The molecular formula is C31H17N3S. The van der Waals surface area contributed by atoms with Crippen molar-refractivity contribution in [2.75, 3.05) is 0 Å². The minimum atomic E-state index is 0.377. The Labute approximate surface area is 206 Å². The van der Waals surface area contributed by atoms with E-state index in [4.69, 9.17) is 4.98 Å². The molecule has 162 valence electrons. The molecule has 4 heteroatoms. The van der Waals surface area contributed by atoms with E-state index in [0.29, 0.717) is 11.1 Å². The van der Waals surface area contributed by atoms with Crippen LogP contribution in [0.5, 0.6) is 0 Å². The molecule has 5 aromatic carbocycles. The van der Waals surface area contributed by atoms with E-state index in [9.17, 15) is 10.5 Å². The lowest BCUT2D eigenvalue weighted by Crippen LogP contribution is -1.89. The quantitative estimate of drug-likeness (QED) is 0.266. The molecular weight excluding hydrogens is 446 g/mol. The molecule has 0 aliphatic carbocycles. The van der Waals surface area contributed by atoms with Crippen molar-refractivity contribution in [2.24, 2.45) is 0 Å². The van der Waals surface area contributed by atoms with E-state index in [1.165, 1.54) is 10.8 Å². The molecule has 0 aliphatic rings. The van der Waals surface area contributed by atoms with Crippen LogP contribution in [0.15, 0.2) is 103 Å². The Balaban J connectivity index is 1.57. The van der Waals surface area contributed by atoms with Crippen molar-refractivity contribution in [2.45, 2.75) is 0 Å². The third-order valence-electron chi connectivity index (χ3n) is 6.15. The molecule has 0 radical (unpaired) electrons. The summed E-state index contributed by atoms with van der Waals surface area (Å²) in [6.45, 7) is 0. The predicted molar refractivity (Wildman–Crippen MR) is 143 cm³/mol. The minimum absolute atomic E-state index is 0.377. The van der Waals surface area contributed by atoms with Gasteiger partial charge in [0, 0.05) is 5.56 Å². The number of rotatable bonds is 3. The molecule has 6 aromatic rings. The lowest BCUT2D eigenvalue weighted by Gasteiger charge is -2.11. The topological polar surface area (TPSA) is 60.5 Å². The molecule has 0 aliphatic heterocycles. The monoisotopic (exact) mass is 463 g/mol. The van der Waals surface area contributed by atoms with Gasteiger partial charge in [-0.25, -0.2) is 4.98 Å². The molecule has 0 fully saturated rings. The average molecular weight is 464 g/mol. The van der Waals surface area contributed by atoms with E-state index < -0.39 is 0 Å². The van der Waals surface area contributed by atoms with Crippen LogP contribution in [0, 0.1) is 22.7 Å². The van der Waals surface area contributed by atoms with Crippen LogP contribution in [-0.2, 0) is 0 Å². The van der Waals surface area contributed by atoms with Crippen molar-refractivity contribution in [1.29, 1.82) is 10.5 Å². The molecule has 0 saturated carbocycles. The smallest absolute Gasteiger partial charge is 0.124 e. The fourth-order valence-corrected chi connectivity index (χ4v) is 5.32. The summed E-state index contributed by atoms with van der Waals surface area (Å²) < 4.78 is 1.14. The van der Waals surface area contributed by atoms with Crippen LogP contribution in [-0.4, -0.2) is 4.98 Å². The normalized spacial score (nSPS) is 10.8. The zero-order chi connectivity index (χ0) is 23.8. The number of para-hydroxylation sites is 1. The van der Waals surface area contributed by atoms with Gasteiger partial charge < -0.3 is 0 Å². The summed E-state index contributed by atoms with van der Waals surface area (Å²) in [5.41, 5.74) is 6.82. The molecule has 1 heterocycles. The molecule has 0 spiro atoms. The zero-order valence-corrected chi connectivity index (χ0v) is 19.4. The molecule has 35 heavy (non-hydrogen) atoms. The fourth-order valence-electron chi connectivity index (χ4n) is 4.36. The van der Waals surface area contributed by atoms with Gasteiger partial charge in [-0.3, -0.25) is 0 Å². The molecule has 3 nitrogen and oxygen atoms in total. The summed E-state index contributed by atoms with van der Waals surface area (Å²) in [6.07, 6.45) is 0. The third kappa shape index (κ3) is 3.83. The van der Waals surface area contributed by atoms with Crippen LogP contribution < -0.4 is 0 Å². The second-order valence-corrected chi connectivity index (χ2v) is 9.36. The van der Waals surface area contributed by atoms with Crippen LogP contribution in [0.3, 0.4) is 0 Å². The van der Waals surface area contributed by atoms with Crippen molar-refractivity contribution < 1.29 is 0 Å². The summed E-state index contributed by atoms with van der Waals surface area (Å²) in [6, 6.07) is 39.1. The van der Waals surface area contributed by atoms with Gasteiger partial charge in [0.05, 0.1) is 21.3 Å². The Morgan fingerprint density at radius 1 is 0.543 bits per heavy atom. The van der Waals surface area contributed by atoms with Gasteiger partial charge >= 0.3 is 0 Å². The number of nitrogens with zero attached hydrogens (tertiary/aromatic N) is 3. The fraction of sp³-hybridized carbons (Fsp3) is 0. The molecule has 0 N–H and O–H groups in total. The van der Waals surface area contributed by atoms with Crippen molar-refractivity contribution in [3.05, 3.63) is 114 Å². The Morgan fingerprint density at radius 2 is 1.20 bits per heavy atom. The van der Waals surface area contributed by atoms with Crippen molar-refractivity contribution >= 4 is 32.3 Å². The molecule has 0 amide bonds. The van der Waals surface area contributed by atoms with Gasteiger partial charge in [-0.2, -0.15) is 10.5 Å². The van der Waals surface area contributed by atoms with E-state index in [0.717, 1.165) is 43.0 Å². The van der Waals surface area contributed by atoms with Crippen LogP contribution in [0.2, 0.25) is 0 Å². The van der Waals surface area contributed by atoms with Gasteiger partial charge in [-0.15, -0.1) is 11.3 Å². The highest BCUT2D eigenvalue weighted by molar-refractivity contribution is 7.21. The molecule has 0 unspecified atom stereocenters. The minimum Gasteiger partial charge on any atom is -0.236 e. The maximum Gasteiger partial charge on any atom is 0.124 e. The van der Waals surface area contributed by atoms with Gasteiger partial charge in [0.1, 0.15) is 17.1 Å². The Bertz CT molecular complexity index is 1800. The predicted octanol–water partition coefficient (Wildman–Crippen LogP) is 8.19. The SMILES string of the molecule is N#Cc1ccc(-c2cc(-c3ccc4ccccc4c3)cc(-c3nc4ccccc4s3)c2)cc1C#N.